The molecular weight excluding hydrogens is 255 g/mol. The van der Waals surface area contributed by atoms with Gasteiger partial charge in [-0.15, -0.1) is 0 Å². The monoisotopic (exact) mass is 278 g/mol. The first-order valence-electron chi connectivity index (χ1n) is 7.44. The van der Waals surface area contributed by atoms with Gasteiger partial charge in [0, 0.05) is 12.6 Å². The average molecular weight is 278 g/mol. The molecule has 1 fully saturated rings. The van der Waals surface area contributed by atoms with Crippen molar-refractivity contribution in [1.82, 2.24) is 10.6 Å². The molecule has 0 aliphatic heterocycles. The number of hydrogen-bond acceptors (Lipinski definition) is 1. The molecule has 1 aliphatic carbocycles. The van der Waals surface area contributed by atoms with Gasteiger partial charge in [0.1, 0.15) is 5.82 Å². The minimum Gasteiger partial charge on any atom is -0.338 e. The summed E-state index contributed by atoms with van der Waals surface area (Å²) in [4.78, 5) is 11.8. The van der Waals surface area contributed by atoms with Crippen LogP contribution in [-0.4, -0.2) is 18.6 Å². The van der Waals surface area contributed by atoms with Gasteiger partial charge in [-0.25, -0.2) is 9.18 Å². The second-order valence-electron chi connectivity index (χ2n) is 5.64. The van der Waals surface area contributed by atoms with E-state index in [2.05, 4.69) is 17.6 Å². The number of benzene rings is 1. The van der Waals surface area contributed by atoms with Crippen LogP contribution in [0.25, 0.3) is 0 Å². The second-order valence-corrected chi connectivity index (χ2v) is 5.64. The van der Waals surface area contributed by atoms with Crippen molar-refractivity contribution in [1.29, 1.82) is 0 Å². The summed E-state index contributed by atoms with van der Waals surface area (Å²) in [5, 5.41) is 5.92. The highest BCUT2D eigenvalue weighted by molar-refractivity contribution is 5.74. The molecule has 1 aliphatic rings. The van der Waals surface area contributed by atoms with Crippen molar-refractivity contribution in [3.63, 3.8) is 0 Å². The summed E-state index contributed by atoms with van der Waals surface area (Å²) in [5.41, 5.74) is 1.03. The van der Waals surface area contributed by atoms with Crippen LogP contribution in [0.4, 0.5) is 9.18 Å². The Labute approximate surface area is 120 Å². The summed E-state index contributed by atoms with van der Waals surface area (Å²) in [6.07, 6.45) is 5.46. The Morgan fingerprint density at radius 1 is 1.25 bits per heavy atom. The Balaban J connectivity index is 1.68. The molecule has 3 nitrogen and oxygen atoms in total. The van der Waals surface area contributed by atoms with E-state index in [9.17, 15) is 9.18 Å². The summed E-state index contributed by atoms with van der Waals surface area (Å²) in [6.45, 7) is 2.77. The number of rotatable bonds is 4. The van der Waals surface area contributed by atoms with Crippen LogP contribution in [0.15, 0.2) is 24.3 Å². The molecule has 1 saturated carbocycles. The van der Waals surface area contributed by atoms with E-state index in [1.807, 2.05) is 0 Å². The lowest BCUT2D eigenvalue weighted by Gasteiger charge is -2.29. The average Bonchev–Trinajstić information content (AvgIpc) is 2.44. The van der Waals surface area contributed by atoms with Crippen LogP contribution >= 0.6 is 0 Å². The topological polar surface area (TPSA) is 41.1 Å². The molecule has 110 valence electrons. The highest BCUT2D eigenvalue weighted by atomic mass is 19.1. The highest BCUT2D eigenvalue weighted by Crippen LogP contribution is 2.23. The van der Waals surface area contributed by atoms with Gasteiger partial charge in [-0.3, -0.25) is 0 Å². The third kappa shape index (κ3) is 4.51. The van der Waals surface area contributed by atoms with Crippen LogP contribution in [0, 0.1) is 11.7 Å². The van der Waals surface area contributed by atoms with Gasteiger partial charge in [0.2, 0.25) is 0 Å². The van der Waals surface area contributed by atoms with E-state index in [1.165, 1.54) is 31.4 Å². The number of nitrogens with one attached hydrogen (secondary N) is 2. The fraction of sp³-hybridized carbons (Fsp3) is 0.562. The maximum Gasteiger partial charge on any atom is 0.315 e. The molecule has 4 heteroatoms. The molecular formula is C16H23FN2O. The van der Waals surface area contributed by atoms with Crippen LogP contribution in [0.3, 0.4) is 0 Å². The predicted molar refractivity (Wildman–Crippen MR) is 78.1 cm³/mol. The van der Waals surface area contributed by atoms with Crippen molar-refractivity contribution in [3.05, 3.63) is 35.6 Å². The zero-order chi connectivity index (χ0) is 14.4. The van der Waals surface area contributed by atoms with Crippen molar-refractivity contribution in [3.8, 4) is 0 Å². The zero-order valence-electron chi connectivity index (χ0n) is 12.0. The molecule has 0 spiro atoms. The molecule has 0 heterocycles. The molecule has 2 N–H and O–H groups in total. The molecule has 2 atom stereocenters. The molecule has 0 bridgehead atoms. The van der Waals surface area contributed by atoms with Gasteiger partial charge in [0.25, 0.3) is 0 Å². The minimum atomic E-state index is -0.231. The van der Waals surface area contributed by atoms with Gasteiger partial charge in [0.15, 0.2) is 0 Å². The van der Waals surface area contributed by atoms with Gasteiger partial charge >= 0.3 is 6.03 Å². The first-order chi connectivity index (χ1) is 9.65. The van der Waals surface area contributed by atoms with E-state index in [0.717, 1.165) is 12.0 Å². The number of carbonyl (C=O) groups excluding carboxylic acids is 1. The third-order valence-electron chi connectivity index (χ3n) is 4.04. The Bertz CT molecular complexity index is 433. The standard InChI is InChI=1S/C16H23FN2O/c1-12-4-2-3-5-15(12)19-16(20)18-11-10-13-6-8-14(17)9-7-13/h6-9,12,15H,2-5,10-11H2,1H3,(H2,18,19,20)/t12-,15+/m1/s1. The molecule has 0 saturated heterocycles. The van der Waals surface area contributed by atoms with Crippen LogP contribution < -0.4 is 10.6 Å². The van der Waals surface area contributed by atoms with E-state index in [1.54, 1.807) is 12.1 Å². The van der Waals surface area contributed by atoms with Crippen molar-refractivity contribution >= 4 is 6.03 Å². The lowest BCUT2D eigenvalue weighted by molar-refractivity contribution is 0.222. The quantitative estimate of drug-likeness (QED) is 0.872. The first kappa shape index (κ1) is 14.8. The van der Waals surface area contributed by atoms with Gasteiger partial charge in [0.05, 0.1) is 0 Å². The highest BCUT2D eigenvalue weighted by Gasteiger charge is 2.22. The van der Waals surface area contributed by atoms with Gasteiger partial charge in [-0.1, -0.05) is 31.9 Å². The second kappa shape index (κ2) is 7.27. The molecule has 0 unspecified atom stereocenters. The lowest BCUT2D eigenvalue weighted by Crippen LogP contribution is -2.46. The van der Waals surface area contributed by atoms with Crippen molar-refractivity contribution in [2.75, 3.05) is 6.54 Å². The maximum atomic E-state index is 12.8. The summed E-state index contributed by atoms with van der Waals surface area (Å²) in [7, 11) is 0. The molecule has 2 amide bonds. The number of amides is 2. The largest absolute Gasteiger partial charge is 0.338 e. The summed E-state index contributed by atoms with van der Waals surface area (Å²) < 4.78 is 12.8. The zero-order valence-corrected chi connectivity index (χ0v) is 12.0. The number of carbonyl (C=O) groups is 1. The molecule has 1 aromatic rings. The van der Waals surface area contributed by atoms with E-state index < -0.39 is 0 Å². The van der Waals surface area contributed by atoms with Crippen LogP contribution in [0.5, 0.6) is 0 Å². The minimum absolute atomic E-state index is 0.0918. The first-order valence-corrected chi connectivity index (χ1v) is 7.44. The molecule has 2 rings (SSSR count). The molecule has 0 aromatic heterocycles. The summed E-state index contributed by atoms with van der Waals surface area (Å²) in [5.74, 6) is 0.331. The van der Waals surface area contributed by atoms with Crippen molar-refractivity contribution < 1.29 is 9.18 Å². The van der Waals surface area contributed by atoms with E-state index in [-0.39, 0.29) is 11.8 Å². The van der Waals surface area contributed by atoms with E-state index >= 15 is 0 Å². The number of hydrogen-bond donors (Lipinski definition) is 2. The Morgan fingerprint density at radius 3 is 2.65 bits per heavy atom. The van der Waals surface area contributed by atoms with Gasteiger partial charge < -0.3 is 10.6 Å². The Kier molecular flexibility index (Phi) is 5.39. The SMILES string of the molecule is C[C@@H]1CCCC[C@@H]1NC(=O)NCCc1ccc(F)cc1. The van der Waals surface area contributed by atoms with E-state index in [4.69, 9.17) is 0 Å². The normalized spacial score (nSPS) is 22.3. The van der Waals surface area contributed by atoms with Crippen LogP contribution in [-0.2, 0) is 6.42 Å². The molecule has 20 heavy (non-hydrogen) atoms. The summed E-state index contributed by atoms with van der Waals surface area (Å²) >= 11 is 0. The Hall–Kier alpha value is -1.58. The lowest BCUT2D eigenvalue weighted by atomic mass is 9.86. The fourth-order valence-electron chi connectivity index (χ4n) is 2.72. The van der Waals surface area contributed by atoms with Crippen molar-refractivity contribution in [2.24, 2.45) is 5.92 Å². The predicted octanol–water partition coefficient (Wildman–Crippen LogP) is 3.25. The molecule has 1 aromatic carbocycles. The van der Waals surface area contributed by atoms with Crippen molar-refractivity contribution in [2.45, 2.75) is 45.1 Å². The van der Waals surface area contributed by atoms with Gasteiger partial charge in [-0.2, -0.15) is 0 Å². The van der Waals surface area contributed by atoms with E-state index in [0.29, 0.717) is 24.9 Å². The number of halogens is 1. The smallest absolute Gasteiger partial charge is 0.315 e. The van der Waals surface area contributed by atoms with Crippen LogP contribution in [0.2, 0.25) is 0 Å². The molecule has 0 radical (unpaired) electrons. The maximum absolute atomic E-state index is 12.8. The Morgan fingerprint density at radius 2 is 1.95 bits per heavy atom. The summed E-state index contributed by atoms with van der Waals surface area (Å²) in [6, 6.07) is 6.59. The third-order valence-corrected chi connectivity index (χ3v) is 4.04. The number of urea groups is 1. The van der Waals surface area contributed by atoms with Gasteiger partial charge in [-0.05, 0) is 42.9 Å². The fourth-order valence-corrected chi connectivity index (χ4v) is 2.72. The van der Waals surface area contributed by atoms with Crippen LogP contribution in [0.1, 0.15) is 38.2 Å².